The molecule has 1 aliphatic rings. The van der Waals surface area contributed by atoms with Gasteiger partial charge in [-0.25, -0.2) is 0 Å². The zero-order chi connectivity index (χ0) is 23.8. The first-order valence-corrected chi connectivity index (χ1v) is 12.3. The number of nitrogens with zero attached hydrogens (tertiary/aromatic N) is 2. The number of nitrogens with one attached hydrogen (secondary N) is 1. The molecule has 1 unspecified atom stereocenters. The van der Waals surface area contributed by atoms with Gasteiger partial charge in [0.15, 0.2) is 0 Å². The molecule has 5 nitrogen and oxygen atoms in total. The zero-order valence-corrected chi connectivity index (χ0v) is 20.2. The average molecular weight is 458 g/mol. The van der Waals surface area contributed by atoms with Gasteiger partial charge in [-0.05, 0) is 81.1 Å². The normalized spacial score (nSPS) is 15.6. The van der Waals surface area contributed by atoms with Crippen molar-refractivity contribution in [3.05, 3.63) is 95.3 Å². The van der Waals surface area contributed by atoms with Crippen molar-refractivity contribution in [2.75, 3.05) is 26.2 Å². The number of hydrogen-bond donors (Lipinski definition) is 1. The first-order valence-electron chi connectivity index (χ1n) is 12.3. The Balaban J connectivity index is 1.31. The number of aromatic nitrogens is 1. The molecule has 2 heterocycles. The first-order chi connectivity index (χ1) is 16.6. The summed E-state index contributed by atoms with van der Waals surface area (Å²) < 4.78 is 5.81. The lowest BCUT2D eigenvalue weighted by molar-refractivity contribution is -0.127. The van der Waals surface area contributed by atoms with Crippen LogP contribution in [-0.2, 0) is 4.79 Å². The Bertz CT molecular complexity index is 1020. The predicted octanol–water partition coefficient (Wildman–Crippen LogP) is 5.09. The van der Waals surface area contributed by atoms with Gasteiger partial charge in [0.25, 0.3) is 0 Å². The highest BCUT2D eigenvalue weighted by atomic mass is 16.5. The maximum Gasteiger partial charge on any atom is 0.224 e. The van der Waals surface area contributed by atoms with E-state index in [1.807, 2.05) is 48.5 Å². The second-order valence-electron chi connectivity index (χ2n) is 9.13. The number of carbonyl (C=O) groups is 1. The van der Waals surface area contributed by atoms with E-state index < -0.39 is 0 Å². The molecule has 5 heteroatoms. The number of pyridine rings is 1. The summed E-state index contributed by atoms with van der Waals surface area (Å²) in [4.78, 5) is 20.4. The van der Waals surface area contributed by atoms with E-state index in [0.29, 0.717) is 6.61 Å². The number of aryl methyl sites for hydroxylation is 2. The van der Waals surface area contributed by atoms with Gasteiger partial charge in [0, 0.05) is 18.7 Å². The van der Waals surface area contributed by atoms with Crippen molar-refractivity contribution >= 4 is 5.91 Å². The molecule has 3 aromatic rings. The molecule has 1 atom stereocenters. The van der Waals surface area contributed by atoms with Crippen LogP contribution in [0.5, 0.6) is 5.75 Å². The van der Waals surface area contributed by atoms with Crippen LogP contribution in [-0.4, -0.2) is 42.0 Å². The minimum atomic E-state index is -0.233. The van der Waals surface area contributed by atoms with Crippen molar-refractivity contribution in [2.24, 2.45) is 5.92 Å². The first kappa shape index (κ1) is 24.0. The Kier molecular flexibility index (Phi) is 8.31. The fourth-order valence-corrected chi connectivity index (χ4v) is 4.68. The summed E-state index contributed by atoms with van der Waals surface area (Å²) in [6, 6.07) is 22.0. The van der Waals surface area contributed by atoms with E-state index in [4.69, 9.17) is 4.74 Å². The molecule has 0 bridgehead atoms. The van der Waals surface area contributed by atoms with Crippen molar-refractivity contribution in [1.82, 2.24) is 15.2 Å². The average Bonchev–Trinajstić information content (AvgIpc) is 2.87. The molecule has 2 aromatic carbocycles. The van der Waals surface area contributed by atoms with Crippen molar-refractivity contribution < 1.29 is 9.53 Å². The van der Waals surface area contributed by atoms with Crippen LogP contribution in [0.2, 0.25) is 0 Å². The van der Waals surface area contributed by atoms with Gasteiger partial charge in [0.05, 0.1) is 18.3 Å². The third-order valence-electron chi connectivity index (χ3n) is 6.70. The summed E-state index contributed by atoms with van der Waals surface area (Å²) in [6.45, 7) is 7.75. The largest absolute Gasteiger partial charge is 0.494 e. The number of para-hydroxylation sites is 1. The predicted molar refractivity (Wildman–Crippen MR) is 136 cm³/mol. The van der Waals surface area contributed by atoms with Gasteiger partial charge in [-0.15, -0.1) is 0 Å². The van der Waals surface area contributed by atoms with E-state index in [1.54, 1.807) is 6.20 Å². The van der Waals surface area contributed by atoms with E-state index in [9.17, 15) is 4.79 Å². The summed E-state index contributed by atoms with van der Waals surface area (Å²) in [5.74, 6) is 1.09. The van der Waals surface area contributed by atoms with Crippen LogP contribution in [0.25, 0.3) is 0 Å². The SMILES string of the molecule is Cc1ccccc1C(NC(=O)C1CCN(CCCOc2ccccc2)CC1)c1ncccc1C. The van der Waals surface area contributed by atoms with Gasteiger partial charge in [-0.1, -0.05) is 48.5 Å². The molecule has 1 aliphatic heterocycles. The lowest BCUT2D eigenvalue weighted by atomic mass is 9.92. The van der Waals surface area contributed by atoms with Crippen LogP contribution in [0.3, 0.4) is 0 Å². The van der Waals surface area contributed by atoms with Crippen molar-refractivity contribution in [2.45, 2.75) is 39.2 Å². The van der Waals surface area contributed by atoms with Crippen LogP contribution in [0, 0.1) is 19.8 Å². The van der Waals surface area contributed by atoms with Gasteiger partial charge in [0.1, 0.15) is 5.75 Å². The van der Waals surface area contributed by atoms with Gasteiger partial charge in [-0.2, -0.15) is 0 Å². The Morgan fingerprint density at radius 3 is 2.44 bits per heavy atom. The lowest BCUT2D eigenvalue weighted by Crippen LogP contribution is -2.42. The molecule has 1 aromatic heterocycles. The Labute approximate surface area is 203 Å². The minimum absolute atomic E-state index is 0.0346. The van der Waals surface area contributed by atoms with Gasteiger partial charge in [-0.3, -0.25) is 9.78 Å². The van der Waals surface area contributed by atoms with E-state index in [1.165, 1.54) is 0 Å². The summed E-state index contributed by atoms with van der Waals surface area (Å²) in [7, 11) is 0. The molecule has 1 N–H and O–H groups in total. The number of rotatable bonds is 9. The molecule has 0 spiro atoms. The smallest absolute Gasteiger partial charge is 0.224 e. The Hall–Kier alpha value is -3.18. The number of likely N-dealkylation sites (tertiary alicyclic amines) is 1. The summed E-state index contributed by atoms with van der Waals surface area (Å²) in [6.07, 6.45) is 4.56. The van der Waals surface area contributed by atoms with Crippen LogP contribution < -0.4 is 10.1 Å². The molecular formula is C29H35N3O2. The van der Waals surface area contributed by atoms with E-state index in [0.717, 1.165) is 67.0 Å². The maximum atomic E-state index is 13.3. The summed E-state index contributed by atoms with van der Waals surface area (Å²) >= 11 is 0. The number of ether oxygens (including phenoxy) is 1. The fraction of sp³-hybridized carbons (Fsp3) is 0.379. The molecule has 34 heavy (non-hydrogen) atoms. The molecule has 1 saturated heterocycles. The topological polar surface area (TPSA) is 54.5 Å². The molecule has 1 amide bonds. The highest BCUT2D eigenvalue weighted by Gasteiger charge is 2.28. The monoisotopic (exact) mass is 457 g/mol. The van der Waals surface area contributed by atoms with Gasteiger partial charge in [0.2, 0.25) is 5.91 Å². The molecule has 0 radical (unpaired) electrons. The molecule has 4 rings (SSSR count). The van der Waals surface area contributed by atoms with E-state index >= 15 is 0 Å². The zero-order valence-electron chi connectivity index (χ0n) is 20.2. The quantitative estimate of drug-likeness (QED) is 0.455. The van der Waals surface area contributed by atoms with E-state index in [2.05, 4.69) is 47.2 Å². The molecule has 0 aliphatic carbocycles. The molecule has 0 saturated carbocycles. The maximum absolute atomic E-state index is 13.3. The van der Waals surface area contributed by atoms with Crippen molar-refractivity contribution in [3.63, 3.8) is 0 Å². The third kappa shape index (κ3) is 6.23. The molecular weight excluding hydrogens is 422 g/mol. The fourth-order valence-electron chi connectivity index (χ4n) is 4.68. The van der Waals surface area contributed by atoms with Crippen LogP contribution in [0.4, 0.5) is 0 Å². The second-order valence-corrected chi connectivity index (χ2v) is 9.13. The number of carbonyl (C=O) groups excluding carboxylic acids is 1. The Morgan fingerprint density at radius 2 is 1.71 bits per heavy atom. The number of hydrogen-bond acceptors (Lipinski definition) is 4. The van der Waals surface area contributed by atoms with Crippen LogP contribution in [0.1, 0.15) is 47.7 Å². The highest BCUT2D eigenvalue weighted by molar-refractivity contribution is 5.79. The second kappa shape index (κ2) is 11.8. The number of piperidine rings is 1. The summed E-state index contributed by atoms with van der Waals surface area (Å²) in [5.41, 5.74) is 4.27. The van der Waals surface area contributed by atoms with Crippen LogP contribution in [0.15, 0.2) is 72.9 Å². The lowest BCUT2D eigenvalue weighted by Gasteiger charge is -2.32. The van der Waals surface area contributed by atoms with Crippen LogP contribution >= 0.6 is 0 Å². The Morgan fingerprint density at radius 1 is 1.00 bits per heavy atom. The van der Waals surface area contributed by atoms with Crippen molar-refractivity contribution in [3.8, 4) is 5.75 Å². The molecule has 1 fully saturated rings. The molecule has 178 valence electrons. The highest BCUT2D eigenvalue weighted by Crippen LogP contribution is 2.27. The standard InChI is InChI=1S/C29H35N3O2/c1-22-10-6-7-14-26(22)28(27-23(2)11-8-17-30-27)31-29(33)24-15-19-32(20-16-24)18-9-21-34-25-12-4-3-5-13-25/h3-8,10-14,17,24,28H,9,15-16,18-21H2,1-2H3,(H,31,33). The third-order valence-corrected chi connectivity index (χ3v) is 6.70. The number of benzene rings is 2. The number of amides is 1. The van der Waals surface area contributed by atoms with Gasteiger partial charge >= 0.3 is 0 Å². The van der Waals surface area contributed by atoms with E-state index in [-0.39, 0.29) is 17.9 Å². The minimum Gasteiger partial charge on any atom is -0.494 e. The van der Waals surface area contributed by atoms with Gasteiger partial charge < -0.3 is 15.0 Å². The summed E-state index contributed by atoms with van der Waals surface area (Å²) in [5, 5.41) is 3.35. The van der Waals surface area contributed by atoms with Crippen molar-refractivity contribution in [1.29, 1.82) is 0 Å².